The number of nitrogens with zero attached hydrogens (tertiary/aromatic N) is 4. The highest BCUT2D eigenvalue weighted by Crippen LogP contribution is 2.36. The van der Waals surface area contributed by atoms with Crippen LogP contribution in [0.1, 0.15) is 40.6 Å². The summed E-state index contributed by atoms with van der Waals surface area (Å²) in [5, 5.41) is 9.70. The zero-order valence-electron chi connectivity index (χ0n) is 16.7. The monoisotopic (exact) mass is 422 g/mol. The van der Waals surface area contributed by atoms with E-state index in [-0.39, 0.29) is 18.7 Å². The van der Waals surface area contributed by atoms with Gasteiger partial charge in [0.2, 0.25) is 6.79 Å². The van der Waals surface area contributed by atoms with Crippen LogP contribution in [0.4, 0.5) is 0 Å². The Bertz CT molecular complexity index is 1070. The standard InChI is InChI=1S/C22H22N4O3S/c1-25-20(23-24-22(25)30-13-15-6-3-2-4-7-15)17-8-5-11-26(17)21(27)16-9-10-18-19(12-16)29-14-28-18/h2-4,6-7,9-10,12,17H,5,8,11,13-14H2,1H3. The van der Waals surface area contributed by atoms with Crippen LogP contribution in [-0.4, -0.2) is 38.9 Å². The summed E-state index contributed by atoms with van der Waals surface area (Å²) in [6, 6.07) is 15.6. The van der Waals surface area contributed by atoms with Crippen molar-refractivity contribution in [3.8, 4) is 11.5 Å². The van der Waals surface area contributed by atoms with Crippen LogP contribution in [0.5, 0.6) is 11.5 Å². The summed E-state index contributed by atoms with van der Waals surface area (Å²) >= 11 is 1.65. The maximum absolute atomic E-state index is 13.2. The van der Waals surface area contributed by atoms with Gasteiger partial charge < -0.3 is 18.9 Å². The van der Waals surface area contributed by atoms with Crippen LogP contribution in [0.25, 0.3) is 0 Å². The fraction of sp³-hybridized carbons (Fsp3) is 0.318. The molecule has 0 radical (unpaired) electrons. The third kappa shape index (κ3) is 3.52. The van der Waals surface area contributed by atoms with Gasteiger partial charge in [0.15, 0.2) is 22.5 Å². The second-order valence-corrected chi connectivity index (χ2v) is 8.34. The van der Waals surface area contributed by atoms with E-state index in [0.29, 0.717) is 23.6 Å². The van der Waals surface area contributed by atoms with Gasteiger partial charge in [0.25, 0.3) is 5.91 Å². The zero-order chi connectivity index (χ0) is 20.5. The molecule has 154 valence electrons. The van der Waals surface area contributed by atoms with Crippen molar-refractivity contribution in [2.45, 2.75) is 29.8 Å². The summed E-state index contributed by atoms with van der Waals surface area (Å²) in [6.45, 7) is 0.902. The highest BCUT2D eigenvalue weighted by molar-refractivity contribution is 7.98. The second kappa shape index (κ2) is 8.02. The largest absolute Gasteiger partial charge is 0.454 e. The Kier molecular flexibility index (Phi) is 5.08. The molecular formula is C22H22N4O3S. The van der Waals surface area contributed by atoms with Gasteiger partial charge in [0.1, 0.15) is 0 Å². The van der Waals surface area contributed by atoms with E-state index in [1.54, 1.807) is 30.0 Å². The quantitative estimate of drug-likeness (QED) is 0.583. The first-order valence-electron chi connectivity index (χ1n) is 9.97. The first kappa shape index (κ1) is 19.0. The summed E-state index contributed by atoms with van der Waals surface area (Å²) in [6.07, 6.45) is 1.83. The first-order valence-corrected chi connectivity index (χ1v) is 11.0. The Labute approximate surface area is 179 Å². The summed E-state index contributed by atoms with van der Waals surface area (Å²) in [5.41, 5.74) is 1.85. The molecule has 0 saturated carbocycles. The van der Waals surface area contributed by atoms with Crippen molar-refractivity contribution in [1.29, 1.82) is 0 Å². The molecule has 7 nitrogen and oxygen atoms in total. The van der Waals surface area contributed by atoms with Gasteiger partial charge in [0, 0.05) is 24.9 Å². The summed E-state index contributed by atoms with van der Waals surface area (Å²) < 4.78 is 12.8. The molecule has 1 fully saturated rings. The molecule has 0 N–H and O–H groups in total. The lowest BCUT2D eigenvalue weighted by atomic mass is 10.1. The number of carbonyl (C=O) groups is 1. The third-order valence-electron chi connectivity index (χ3n) is 5.51. The highest BCUT2D eigenvalue weighted by atomic mass is 32.2. The maximum atomic E-state index is 13.2. The average molecular weight is 423 g/mol. The van der Waals surface area contributed by atoms with Crippen LogP contribution in [0.2, 0.25) is 0 Å². The molecule has 2 aliphatic rings. The molecule has 0 spiro atoms. The normalized spacial score (nSPS) is 17.5. The van der Waals surface area contributed by atoms with Crippen molar-refractivity contribution >= 4 is 17.7 Å². The number of hydrogen-bond acceptors (Lipinski definition) is 6. The molecule has 1 atom stereocenters. The summed E-state index contributed by atoms with van der Waals surface area (Å²) in [7, 11) is 1.98. The highest BCUT2D eigenvalue weighted by Gasteiger charge is 2.34. The second-order valence-electron chi connectivity index (χ2n) is 7.40. The Hall–Kier alpha value is -3.00. The Morgan fingerprint density at radius 2 is 1.97 bits per heavy atom. The first-order chi connectivity index (χ1) is 14.7. The molecule has 3 aromatic rings. The number of likely N-dealkylation sites (tertiary alicyclic amines) is 1. The van der Waals surface area contributed by atoms with Crippen LogP contribution in [-0.2, 0) is 12.8 Å². The number of benzene rings is 2. The Balaban J connectivity index is 1.33. The van der Waals surface area contributed by atoms with Crippen molar-refractivity contribution in [2.75, 3.05) is 13.3 Å². The third-order valence-corrected chi connectivity index (χ3v) is 6.60. The van der Waals surface area contributed by atoms with Gasteiger partial charge in [-0.3, -0.25) is 4.79 Å². The number of amides is 1. The van der Waals surface area contributed by atoms with Gasteiger partial charge in [0.05, 0.1) is 6.04 Å². The van der Waals surface area contributed by atoms with Crippen molar-refractivity contribution in [3.05, 3.63) is 65.5 Å². The minimum Gasteiger partial charge on any atom is -0.454 e. The fourth-order valence-electron chi connectivity index (χ4n) is 3.94. The van der Waals surface area contributed by atoms with E-state index in [1.165, 1.54) is 5.56 Å². The topological polar surface area (TPSA) is 69.5 Å². The number of rotatable bonds is 5. The van der Waals surface area contributed by atoms with Gasteiger partial charge in [-0.25, -0.2) is 0 Å². The molecule has 30 heavy (non-hydrogen) atoms. The predicted octanol–water partition coefficient (Wildman–Crippen LogP) is 3.81. The average Bonchev–Trinajstić information content (AvgIpc) is 3.51. The van der Waals surface area contributed by atoms with Crippen LogP contribution in [0.3, 0.4) is 0 Å². The molecule has 5 rings (SSSR count). The van der Waals surface area contributed by atoms with Crippen molar-refractivity contribution in [3.63, 3.8) is 0 Å². The van der Waals surface area contributed by atoms with Crippen LogP contribution >= 0.6 is 11.8 Å². The van der Waals surface area contributed by atoms with Crippen LogP contribution < -0.4 is 9.47 Å². The lowest BCUT2D eigenvalue weighted by Gasteiger charge is -2.24. The van der Waals surface area contributed by atoms with E-state index in [4.69, 9.17) is 9.47 Å². The van der Waals surface area contributed by atoms with E-state index in [0.717, 1.165) is 29.6 Å². The Morgan fingerprint density at radius 1 is 1.13 bits per heavy atom. The van der Waals surface area contributed by atoms with Gasteiger partial charge in [-0.15, -0.1) is 10.2 Å². The number of thioether (sulfide) groups is 1. The zero-order valence-corrected chi connectivity index (χ0v) is 17.5. The van der Waals surface area contributed by atoms with Gasteiger partial charge in [-0.2, -0.15) is 0 Å². The van der Waals surface area contributed by atoms with Gasteiger partial charge >= 0.3 is 0 Å². The molecule has 3 heterocycles. The molecule has 1 saturated heterocycles. The van der Waals surface area contributed by atoms with Crippen molar-refractivity contribution in [2.24, 2.45) is 7.05 Å². The lowest BCUT2D eigenvalue weighted by molar-refractivity contribution is 0.0727. The number of ether oxygens (including phenoxy) is 2. The number of aromatic nitrogens is 3. The number of fused-ring (bicyclic) bond motifs is 1. The minimum absolute atomic E-state index is 0.0164. The molecule has 1 unspecified atom stereocenters. The SMILES string of the molecule is Cn1c(SCc2ccccc2)nnc1C1CCCN1C(=O)c1ccc2c(c1)OCO2. The number of hydrogen-bond donors (Lipinski definition) is 0. The van der Waals surface area contributed by atoms with E-state index in [1.807, 2.05) is 34.7 Å². The molecule has 0 aliphatic carbocycles. The summed E-state index contributed by atoms with van der Waals surface area (Å²) in [5.74, 6) is 2.94. The minimum atomic E-state index is -0.0773. The molecule has 8 heteroatoms. The number of carbonyl (C=O) groups excluding carboxylic acids is 1. The van der Waals surface area contributed by atoms with Crippen molar-refractivity contribution in [1.82, 2.24) is 19.7 Å². The predicted molar refractivity (Wildman–Crippen MR) is 113 cm³/mol. The van der Waals surface area contributed by atoms with Crippen molar-refractivity contribution < 1.29 is 14.3 Å². The Morgan fingerprint density at radius 3 is 2.83 bits per heavy atom. The molecule has 2 aromatic carbocycles. The van der Waals surface area contributed by atoms with Gasteiger partial charge in [-0.05, 0) is 36.6 Å². The molecule has 1 amide bonds. The van der Waals surface area contributed by atoms with E-state index in [2.05, 4.69) is 22.3 Å². The maximum Gasteiger partial charge on any atom is 0.254 e. The van der Waals surface area contributed by atoms with E-state index >= 15 is 0 Å². The molecular weight excluding hydrogens is 400 g/mol. The van der Waals surface area contributed by atoms with Gasteiger partial charge in [-0.1, -0.05) is 42.1 Å². The molecule has 0 bridgehead atoms. The van der Waals surface area contributed by atoms with Crippen LogP contribution in [0.15, 0.2) is 53.7 Å². The smallest absolute Gasteiger partial charge is 0.254 e. The summed E-state index contributed by atoms with van der Waals surface area (Å²) in [4.78, 5) is 15.1. The van der Waals surface area contributed by atoms with E-state index < -0.39 is 0 Å². The fourth-order valence-corrected chi connectivity index (χ4v) is 4.81. The van der Waals surface area contributed by atoms with E-state index in [9.17, 15) is 4.79 Å². The molecule has 2 aliphatic heterocycles. The lowest BCUT2D eigenvalue weighted by Crippen LogP contribution is -2.31. The van der Waals surface area contributed by atoms with Crippen LogP contribution in [0, 0.1) is 0 Å². The molecule has 1 aromatic heterocycles.